The van der Waals surface area contributed by atoms with Crippen LogP contribution >= 0.6 is 0 Å². The zero-order valence-corrected chi connectivity index (χ0v) is 14.2. The van der Waals surface area contributed by atoms with Gasteiger partial charge < -0.3 is 26.4 Å². The molecule has 10 heteroatoms. The van der Waals surface area contributed by atoms with Crippen molar-refractivity contribution >= 4 is 23.3 Å². The number of nitro groups is 1. The van der Waals surface area contributed by atoms with Crippen molar-refractivity contribution in [2.45, 2.75) is 32.4 Å². The van der Waals surface area contributed by atoms with Gasteiger partial charge >= 0.3 is 11.8 Å². The maximum atomic E-state index is 11.2. The minimum atomic E-state index is -1.33. The first-order valence-corrected chi connectivity index (χ1v) is 7.37. The largest absolute Gasteiger partial charge is 0.465 e. The molecule has 0 saturated carbocycles. The molecule has 5 N–H and O–H groups in total. The second-order valence-corrected chi connectivity index (χ2v) is 6.37. The molecule has 1 saturated heterocycles. The molecule has 0 unspecified atom stereocenters. The van der Waals surface area contributed by atoms with Crippen LogP contribution in [-0.2, 0) is 0 Å². The molecule has 0 atom stereocenters. The van der Waals surface area contributed by atoms with E-state index >= 15 is 0 Å². The Bertz CT molecular complexity index is 591. The van der Waals surface area contributed by atoms with Gasteiger partial charge in [-0.3, -0.25) is 10.1 Å². The van der Waals surface area contributed by atoms with Crippen molar-refractivity contribution in [3.63, 3.8) is 0 Å². The van der Waals surface area contributed by atoms with E-state index in [1.807, 2.05) is 4.90 Å². The van der Waals surface area contributed by atoms with Gasteiger partial charge in [0, 0.05) is 37.9 Å². The fourth-order valence-corrected chi connectivity index (χ4v) is 2.44. The number of carbonyl (C=O) groups is 1. The summed E-state index contributed by atoms with van der Waals surface area (Å²) in [6, 6.07) is 2.06. The molecule has 1 fully saturated rings. The second-order valence-electron chi connectivity index (χ2n) is 6.37. The van der Waals surface area contributed by atoms with E-state index in [1.165, 1.54) is 0 Å². The Labute approximate surface area is 140 Å². The Morgan fingerprint density at radius 3 is 2.46 bits per heavy atom. The van der Waals surface area contributed by atoms with Gasteiger partial charge in [-0.05, 0) is 26.8 Å². The maximum absolute atomic E-state index is 11.2. The van der Waals surface area contributed by atoms with E-state index in [-0.39, 0.29) is 16.1 Å². The standard InChI is InChI=1S/C13H21N5O2.CH3NO2/c1-13(2,3)16-9-7-17(8-9)10-5-6-15-12(14-4)11(10)18(19)20;2-1(3)4/h5-6,9,16H,7-8H2,1-4H3,(H,14,15);2H2,(H,3,4). The van der Waals surface area contributed by atoms with E-state index in [9.17, 15) is 10.1 Å². The van der Waals surface area contributed by atoms with E-state index in [2.05, 4.69) is 42.1 Å². The molecule has 0 spiro atoms. The number of hydrogen-bond acceptors (Lipinski definition) is 7. The average Bonchev–Trinajstić information content (AvgIpc) is 2.39. The summed E-state index contributed by atoms with van der Waals surface area (Å²) in [7, 11) is 1.64. The molecule has 1 aromatic heterocycles. The molecular weight excluding hydrogens is 316 g/mol. The minimum Gasteiger partial charge on any atom is -0.465 e. The van der Waals surface area contributed by atoms with Gasteiger partial charge in [-0.15, -0.1) is 0 Å². The van der Waals surface area contributed by atoms with E-state index in [4.69, 9.17) is 9.90 Å². The van der Waals surface area contributed by atoms with E-state index in [0.29, 0.717) is 17.5 Å². The Morgan fingerprint density at radius 2 is 2.04 bits per heavy atom. The first-order chi connectivity index (χ1) is 11.0. The van der Waals surface area contributed by atoms with Crippen LogP contribution in [0.25, 0.3) is 0 Å². The lowest BCUT2D eigenvalue weighted by molar-refractivity contribution is -0.383. The summed E-state index contributed by atoms with van der Waals surface area (Å²) < 4.78 is 0. The fourth-order valence-electron chi connectivity index (χ4n) is 2.44. The Balaban J connectivity index is 0.000000648. The third kappa shape index (κ3) is 5.54. The summed E-state index contributed by atoms with van der Waals surface area (Å²) in [5, 5.41) is 24.7. The molecule has 1 aliphatic rings. The molecule has 1 amide bonds. The van der Waals surface area contributed by atoms with Crippen LogP contribution in [0.1, 0.15) is 20.8 Å². The zero-order valence-electron chi connectivity index (χ0n) is 14.2. The summed E-state index contributed by atoms with van der Waals surface area (Å²) >= 11 is 0. The van der Waals surface area contributed by atoms with Crippen LogP contribution in [-0.4, -0.2) is 52.8 Å². The van der Waals surface area contributed by atoms with Crippen LogP contribution in [0, 0.1) is 10.1 Å². The van der Waals surface area contributed by atoms with Gasteiger partial charge in [0.1, 0.15) is 5.69 Å². The molecule has 134 valence electrons. The SMILES string of the molecule is CNc1nccc(N2CC(NC(C)(C)C)C2)c1[N+](=O)[O-].NC(=O)O. The Hall–Kier alpha value is -2.62. The van der Waals surface area contributed by atoms with Crippen LogP contribution in [0.2, 0.25) is 0 Å². The number of nitrogens with one attached hydrogen (secondary N) is 2. The van der Waals surface area contributed by atoms with Crippen molar-refractivity contribution in [2.75, 3.05) is 30.4 Å². The molecule has 2 heterocycles. The lowest BCUT2D eigenvalue weighted by atomic mass is 10.0. The lowest BCUT2D eigenvalue weighted by Gasteiger charge is -2.44. The highest BCUT2D eigenvalue weighted by Gasteiger charge is 2.34. The van der Waals surface area contributed by atoms with Crippen molar-refractivity contribution in [1.82, 2.24) is 10.3 Å². The molecule has 0 aliphatic carbocycles. The third-order valence-corrected chi connectivity index (χ3v) is 3.18. The molecule has 10 nitrogen and oxygen atoms in total. The quantitative estimate of drug-likeness (QED) is 0.473. The molecule has 24 heavy (non-hydrogen) atoms. The van der Waals surface area contributed by atoms with Gasteiger partial charge in [0.2, 0.25) is 5.82 Å². The summed E-state index contributed by atoms with van der Waals surface area (Å²) in [4.78, 5) is 25.6. The number of amides is 1. The maximum Gasteiger partial charge on any atom is 0.402 e. The number of aromatic nitrogens is 1. The van der Waals surface area contributed by atoms with Crippen LogP contribution in [0.3, 0.4) is 0 Å². The highest BCUT2D eigenvalue weighted by Crippen LogP contribution is 2.35. The van der Waals surface area contributed by atoms with Crippen LogP contribution < -0.4 is 21.3 Å². The highest BCUT2D eigenvalue weighted by atomic mass is 16.6. The number of pyridine rings is 1. The molecular formula is C14H24N6O4. The van der Waals surface area contributed by atoms with Gasteiger partial charge in [-0.1, -0.05) is 0 Å². The number of carboxylic acid groups (broad SMARTS) is 1. The highest BCUT2D eigenvalue weighted by molar-refractivity contribution is 5.74. The monoisotopic (exact) mass is 340 g/mol. The van der Waals surface area contributed by atoms with Crippen LogP contribution in [0.4, 0.5) is 22.0 Å². The summed E-state index contributed by atoms with van der Waals surface area (Å²) in [5.41, 5.74) is 4.75. The first kappa shape index (κ1) is 19.4. The fraction of sp³-hybridized carbons (Fsp3) is 0.571. The Morgan fingerprint density at radius 1 is 1.50 bits per heavy atom. The third-order valence-electron chi connectivity index (χ3n) is 3.18. The summed E-state index contributed by atoms with van der Waals surface area (Å²) in [6.45, 7) is 7.88. The van der Waals surface area contributed by atoms with Gasteiger partial charge in [0.05, 0.1) is 4.92 Å². The normalized spacial score (nSPS) is 14.2. The molecule has 0 aromatic carbocycles. The van der Waals surface area contributed by atoms with Gasteiger partial charge in [-0.2, -0.15) is 0 Å². The number of primary amides is 1. The van der Waals surface area contributed by atoms with Crippen LogP contribution in [0.5, 0.6) is 0 Å². The lowest BCUT2D eigenvalue weighted by Crippen LogP contribution is -2.62. The van der Waals surface area contributed by atoms with Crippen molar-refractivity contribution in [1.29, 1.82) is 0 Å². The summed E-state index contributed by atoms with van der Waals surface area (Å²) in [5.74, 6) is 0.305. The number of anilines is 2. The van der Waals surface area contributed by atoms with Crippen molar-refractivity contribution in [3.05, 3.63) is 22.4 Å². The van der Waals surface area contributed by atoms with Crippen molar-refractivity contribution in [2.24, 2.45) is 5.73 Å². The van der Waals surface area contributed by atoms with E-state index < -0.39 is 6.09 Å². The number of nitrogens with zero attached hydrogens (tertiary/aromatic N) is 3. The first-order valence-electron chi connectivity index (χ1n) is 7.37. The zero-order chi connectivity index (χ0) is 18.5. The van der Waals surface area contributed by atoms with Crippen LogP contribution in [0.15, 0.2) is 12.3 Å². The average molecular weight is 340 g/mol. The van der Waals surface area contributed by atoms with Crippen molar-refractivity contribution in [3.8, 4) is 0 Å². The van der Waals surface area contributed by atoms with E-state index in [1.54, 1.807) is 19.3 Å². The molecule has 2 rings (SSSR count). The van der Waals surface area contributed by atoms with E-state index in [0.717, 1.165) is 13.1 Å². The number of nitrogens with two attached hydrogens (primary N) is 1. The smallest absolute Gasteiger partial charge is 0.402 e. The molecule has 1 aromatic rings. The second kappa shape index (κ2) is 7.77. The predicted molar refractivity (Wildman–Crippen MR) is 91.5 cm³/mol. The molecule has 0 bridgehead atoms. The number of hydrogen-bond donors (Lipinski definition) is 4. The number of rotatable bonds is 4. The molecule has 0 radical (unpaired) electrons. The van der Waals surface area contributed by atoms with Gasteiger partial charge in [0.15, 0.2) is 0 Å². The van der Waals surface area contributed by atoms with Gasteiger partial charge in [0.25, 0.3) is 0 Å². The summed E-state index contributed by atoms with van der Waals surface area (Å²) in [6.07, 6.45) is 0.263. The van der Waals surface area contributed by atoms with Crippen molar-refractivity contribution < 1.29 is 14.8 Å². The minimum absolute atomic E-state index is 0.0456. The Kier molecular flexibility index (Phi) is 6.29. The molecule has 1 aliphatic heterocycles. The topological polar surface area (TPSA) is 147 Å². The van der Waals surface area contributed by atoms with Gasteiger partial charge in [-0.25, -0.2) is 9.78 Å². The predicted octanol–water partition coefficient (Wildman–Crippen LogP) is 1.23.